The van der Waals surface area contributed by atoms with E-state index in [1.807, 2.05) is 12.1 Å². The second-order valence-corrected chi connectivity index (χ2v) is 5.54. The highest BCUT2D eigenvalue weighted by Gasteiger charge is 2.60. The van der Waals surface area contributed by atoms with Crippen LogP contribution in [-0.4, -0.2) is 12.0 Å². The van der Waals surface area contributed by atoms with Gasteiger partial charge in [-0.05, 0) is 36.8 Å². The number of hydrogen-bond donors (Lipinski definition) is 0. The lowest BCUT2D eigenvalue weighted by Crippen LogP contribution is -2.49. The fraction of sp³-hybridized carbons (Fsp3) is 0.533. The second kappa shape index (κ2) is 4.09. The molecule has 2 atom stereocenters. The average molecular weight is 268 g/mol. The first-order valence-corrected chi connectivity index (χ1v) is 6.64. The summed E-state index contributed by atoms with van der Waals surface area (Å²) in [7, 11) is 0. The van der Waals surface area contributed by atoms with Crippen molar-refractivity contribution in [2.75, 3.05) is 0 Å². The van der Waals surface area contributed by atoms with Crippen molar-refractivity contribution < 1.29 is 18.0 Å². The van der Waals surface area contributed by atoms with Crippen molar-refractivity contribution in [1.29, 1.82) is 0 Å². The Bertz CT molecular complexity index is 520. The molecule has 1 spiro atoms. The van der Waals surface area contributed by atoms with E-state index in [9.17, 15) is 18.0 Å². The van der Waals surface area contributed by atoms with Crippen molar-refractivity contribution in [2.45, 2.75) is 43.7 Å². The van der Waals surface area contributed by atoms with Crippen LogP contribution < -0.4 is 0 Å². The topological polar surface area (TPSA) is 17.1 Å². The molecule has 2 aliphatic rings. The third kappa shape index (κ3) is 1.72. The van der Waals surface area contributed by atoms with Gasteiger partial charge in [-0.2, -0.15) is 13.2 Å². The average Bonchev–Trinajstić information content (AvgIpc) is 2.71. The Kier molecular flexibility index (Phi) is 2.73. The predicted octanol–water partition coefficient (Wildman–Crippen LogP) is 3.80. The van der Waals surface area contributed by atoms with Gasteiger partial charge in [0.15, 0.2) is 0 Å². The van der Waals surface area contributed by atoms with Crippen molar-refractivity contribution >= 4 is 5.78 Å². The Hall–Kier alpha value is -1.32. The summed E-state index contributed by atoms with van der Waals surface area (Å²) < 4.78 is 40.1. The predicted molar refractivity (Wildman–Crippen MR) is 64.8 cm³/mol. The molecule has 0 N–H and O–H groups in total. The van der Waals surface area contributed by atoms with Gasteiger partial charge in [0.25, 0.3) is 0 Å². The van der Waals surface area contributed by atoms with Crippen molar-refractivity contribution in [2.24, 2.45) is 5.92 Å². The summed E-state index contributed by atoms with van der Waals surface area (Å²) in [5.41, 5.74) is 0.247. The lowest BCUT2D eigenvalue weighted by Gasteiger charge is -2.42. The number of carbonyl (C=O) groups is 1. The lowest BCUT2D eigenvalue weighted by molar-refractivity contribution is -0.198. The molecule has 19 heavy (non-hydrogen) atoms. The summed E-state index contributed by atoms with van der Waals surface area (Å²) in [5.74, 6) is -1.73. The molecule has 0 saturated heterocycles. The Morgan fingerprint density at radius 1 is 1.16 bits per heavy atom. The highest BCUT2D eigenvalue weighted by Crippen LogP contribution is 2.55. The number of aryl methyl sites for hydroxylation is 1. The van der Waals surface area contributed by atoms with Crippen molar-refractivity contribution in [3.63, 3.8) is 0 Å². The molecule has 102 valence electrons. The Balaban J connectivity index is 2.20. The third-order valence-corrected chi connectivity index (χ3v) is 4.66. The number of Topliss-reactive ketones (excluding diaryl/α,β-unsaturated/α-hetero) is 1. The number of halogens is 3. The smallest absolute Gasteiger partial charge is 0.299 e. The van der Waals surface area contributed by atoms with Crippen LogP contribution in [0.25, 0.3) is 0 Å². The van der Waals surface area contributed by atoms with Crippen LogP contribution >= 0.6 is 0 Å². The quantitative estimate of drug-likeness (QED) is 0.699. The SMILES string of the molecule is O=C1CCCC12c1ccccc1CCC2C(F)(F)F. The van der Waals surface area contributed by atoms with Gasteiger partial charge >= 0.3 is 6.18 Å². The fourth-order valence-corrected chi connectivity index (χ4v) is 3.89. The number of fused-ring (bicyclic) bond motifs is 2. The number of rotatable bonds is 0. The highest BCUT2D eigenvalue weighted by atomic mass is 19.4. The number of ketones is 1. The van der Waals surface area contributed by atoms with Crippen molar-refractivity contribution in [3.05, 3.63) is 35.4 Å². The molecule has 0 bridgehead atoms. The van der Waals surface area contributed by atoms with Gasteiger partial charge in [-0.3, -0.25) is 4.79 Å². The second-order valence-electron chi connectivity index (χ2n) is 5.54. The van der Waals surface area contributed by atoms with Crippen LogP contribution in [0.4, 0.5) is 13.2 Å². The first kappa shape index (κ1) is 12.7. The molecule has 4 heteroatoms. The maximum atomic E-state index is 13.4. The summed E-state index contributed by atoms with van der Waals surface area (Å²) in [4.78, 5) is 12.3. The molecule has 2 unspecified atom stereocenters. The molecule has 1 nitrogen and oxygen atoms in total. The van der Waals surface area contributed by atoms with E-state index in [0.717, 1.165) is 5.56 Å². The first-order valence-electron chi connectivity index (χ1n) is 6.64. The molecular weight excluding hydrogens is 253 g/mol. The Labute approximate surface area is 109 Å². The summed E-state index contributed by atoms with van der Waals surface area (Å²) in [6, 6.07) is 7.15. The Morgan fingerprint density at radius 2 is 1.89 bits per heavy atom. The molecule has 1 aromatic rings. The van der Waals surface area contributed by atoms with Crippen LogP contribution in [0.2, 0.25) is 0 Å². The zero-order valence-corrected chi connectivity index (χ0v) is 10.5. The molecule has 0 amide bonds. The lowest BCUT2D eigenvalue weighted by atomic mass is 9.61. The van der Waals surface area contributed by atoms with E-state index in [2.05, 4.69) is 0 Å². The van der Waals surface area contributed by atoms with E-state index in [4.69, 9.17) is 0 Å². The zero-order valence-electron chi connectivity index (χ0n) is 10.5. The molecule has 1 fully saturated rings. The number of hydrogen-bond acceptors (Lipinski definition) is 1. The molecule has 1 saturated carbocycles. The maximum Gasteiger partial charge on any atom is 0.393 e. The van der Waals surface area contributed by atoms with E-state index in [1.165, 1.54) is 0 Å². The molecule has 1 aromatic carbocycles. The summed E-state index contributed by atoms with van der Waals surface area (Å²) in [6.45, 7) is 0. The zero-order chi connectivity index (χ0) is 13.7. The molecule has 2 aliphatic carbocycles. The van der Waals surface area contributed by atoms with Crippen LogP contribution in [0.5, 0.6) is 0 Å². The fourth-order valence-electron chi connectivity index (χ4n) is 3.89. The van der Waals surface area contributed by atoms with Crippen LogP contribution in [0.15, 0.2) is 24.3 Å². The van der Waals surface area contributed by atoms with E-state index in [-0.39, 0.29) is 18.6 Å². The van der Waals surface area contributed by atoms with Crippen LogP contribution in [-0.2, 0) is 16.6 Å². The minimum atomic E-state index is -4.30. The molecule has 0 heterocycles. The van der Waals surface area contributed by atoms with Gasteiger partial charge in [0.05, 0.1) is 11.3 Å². The molecule has 0 aliphatic heterocycles. The highest BCUT2D eigenvalue weighted by molar-refractivity contribution is 5.93. The normalized spacial score (nSPS) is 30.7. The molecule has 0 radical (unpaired) electrons. The van der Waals surface area contributed by atoms with Crippen LogP contribution in [0.1, 0.15) is 36.8 Å². The van der Waals surface area contributed by atoms with Crippen LogP contribution in [0, 0.1) is 5.92 Å². The van der Waals surface area contributed by atoms with Crippen LogP contribution in [0.3, 0.4) is 0 Å². The maximum absolute atomic E-state index is 13.4. The minimum absolute atomic E-state index is 0.0340. The first-order chi connectivity index (χ1) is 8.96. The molecule has 0 aromatic heterocycles. The standard InChI is InChI=1S/C15H15F3O/c16-15(17,18)12-8-7-10-4-1-2-5-11(10)14(12)9-3-6-13(14)19/h1-2,4-5,12H,3,6-9H2. The summed E-state index contributed by atoms with van der Waals surface area (Å²) in [5, 5.41) is 0. The van der Waals surface area contributed by atoms with Gasteiger partial charge in [-0.25, -0.2) is 0 Å². The summed E-state index contributed by atoms with van der Waals surface area (Å²) >= 11 is 0. The number of carbonyl (C=O) groups excluding carboxylic acids is 1. The molecular formula is C15H15F3O. The van der Waals surface area contributed by atoms with Crippen molar-refractivity contribution in [3.8, 4) is 0 Å². The van der Waals surface area contributed by atoms with Gasteiger partial charge in [-0.1, -0.05) is 24.3 Å². The van der Waals surface area contributed by atoms with E-state index < -0.39 is 17.5 Å². The van der Waals surface area contributed by atoms with Gasteiger partial charge in [0, 0.05) is 6.42 Å². The Morgan fingerprint density at radius 3 is 2.53 bits per heavy atom. The van der Waals surface area contributed by atoms with E-state index >= 15 is 0 Å². The third-order valence-electron chi connectivity index (χ3n) is 4.66. The van der Waals surface area contributed by atoms with Gasteiger partial charge < -0.3 is 0 Å². The molecule has 3 rings (SSSR count). The largest absolute Gasteiger partial charge is 0.393 e. The van der Waals surface area contributed by atoms with Crippen molar-refractivity contribution in [1.82, 2.24) is 0 Å². The van der Waals surface area contributed by atoms with Gasteiger partial charge in [-0.15, -0.1) is 0 Å². The minimum Gasteiger partial charge on any atom is -0.299 e. The number of alkyl halides is 3. The van der Waals surface area contributed by atoms with Gasteiger partial charge in [0.1, 0.15) is 5.78 Å². The van der Waals surface area contributed by atoms with Gasteiger partial charge in [0.2, 0.25) is 0 Å². The summed E-state index contributed by atoms with van der Waals surface area (Å²) in [6.07, 6.45) is -2.66. The van der Waals surface area contributed by atoms with E-state index in [0.29, 0.717) is 24.8 Å². The number of benzene rings is 1. The van der Waals surface area contributed by atoms with E-state index in [1.54, 1.807) is 12.1 Å². The monoisotopic (exact) mass is 268 g/mol.